The first-order valence-corrected chi connectivity index (χ1v) is 5.13. The molecule has 0 amide bonds. The number of nitrogens with one attached hydrogen (secondary N) is 1. The van der Waals surface area contributed by atoms with Gasteiger partial charge in [-0.1, -0.05) is 18.2 Å². The third-order valence-electron chi connectivity index (χ3n) is 1.22. The summed E-state index contributed by atoms with van der Waals surface area (Å²) in [7, 11) is 1.83. The highest BCUT2D eigenvalue weighted by Gasteiger charge is 1.78. The van der Waals surface area contributed by atoms with Crippen molar-refractivity contribution in [1.82, 2.24) is 4.90 Å². The molecule has 0 fully saturated rings. The lowest BCUT2D eigenvalue weighted by molar-refractivity contribution is 0.703. The second-order valence-electron chi connectivity index (χ2n) is 2.41. The van der Waals surface area contributed by atoms with Crippen LogP contribution in [0.3, 0.4) is 0 Å². The van der Waals surface area contributed by atoms with Crippen LogP contribution in [0.25, 0.3) is 0 Å². The Bertz CT molecular complexity index is 197. The first-order valence-electron chi connectivity index (χ1n) is 4.08. The zero-order valence-corrected chi connectivity index (χ0v) is 8.76. The standard InChI is InChI=1S/C10H16N2S/c1-3-8-13-9-6-4-5-7-12(2)10-11/h3,5-7,9-11H,1,4,8H2,2H3/b7-5+,9-6-,11-10?. The fourth-order valence-corrected chi connectivity index (χ4v) is 1.09. The van der Waals surface area contributed by atoms with Gasteiger partial charge in [-0.25, -0.2) is 0 Å². The van der Waals surface area contributed by atoms with E-state index in [9.17, 15) is 0 Å². The molecule has 0 saturated heterocycles. The largest absolute Gasteiger partial charge is 0.343 e. The average Bonchev–Trinajstić information content (AvgIpc) is 2.16. The van der Waals surface area contributed by atoms with Crippen molar-refractivity contribution in [1.29, 1.82) is 5.41 Å². The quantitative estimate of drug-likeness (QED) is 0.293. The van der Waals surface area contributed by atoms with Crippen molar-refractivity contribution >= 4 is 18.1 Å². The van der Waals surface area contributed by atoms with Gasteiger partial charge in [-0.15, -0.1) is 18.3 Å². The van der Waals surface area contributed by atoms with Crippen LogP contribution in [0.2, 0.25) is 0 Å². The molecule has 0 rings (SSSR count). The normalized spacial score (nSPS) is 10.8. The molecule has 0 radical (unpaired) electrons. The summed E-state index contributed by atoms with van der Waals surface area (Å²) in [6.07, 6.45) is 10.0. The van der Waals surface area contributed by atoms with Crippen molar-refractivity contribution in [2.75, 3.05) is 12.8 Å². The predicted molar refractivity (Wildman–Crippen MR) is 62.1 cm³/mol. The van der Waals surface area contributed by atoms with Crippen LogP contribution in [-0.4, -0.2) is 24.0 Å². The van der Waals surface area contributed by atoms with Crippen LogP contribution in [0.4, 0.5) is 0 Å². The molecular formula is C10H16N2S. The predicted octanol–water partition coefficient (Wildman–Crippen LogP) is 2.86. The lowest BCUT2D eigenvalue weighted by Gasteiger charge is -2.01. The molecule has 0 bridgehead atoms. The fourth-order valence-electron chi connectivity index (χ4n) is 0.596. The summed E-state index contributed by atoms with van der Waals surface area (Å²) in [5, 5.41) is 8.96. The molecule has 0 unspecified atom stereocenters. The van der Waals surface area contributed by atoms with Crippen molar-refractivity contribution in [3.05, 3.63) is 36.4 Å². The molecule has 0 aliphatic heterocycles. The molecule has 2 nitrogen and oxygen atoms in total. The summed E-state index contributed by atoms with van der Waals surface area (Å²) in [6.45, 7) is 3.63. The molecule has 0 atom stereocenters. The molecule has 0 aromatic heterocycles. The summed E-state index contributed by atoms with van der Waals surface area (Å²) in [5.41, 5.74) is 0. The molecule has 0 aliphatic rings. The zero-order chi connectivity index (χ0) is 9.94. The van der Waals surface area contributed by atoms with Gasteiger partial charge in [0.1, 0.15) is 0 Å². The highest BCUT2D eigenvalue weighted by molar-refractivity contribution is 8.02. The molecule has 72 valence electrons. The Kier molecular flexibility index (Phi) is 8.46. The van der Waals surface area contributed by atoms with Crippen molar-refractivity contribution in [3.8, 4) is 0 Å². The topological polar surface area (TPSA) is 27.1 Å². The van der Waals surface area contributed by atoms with Gasteiger partial charge in [-0.2, -0.15) is 0 Å². The highest BCUT2D eigenvalue weighted by atomic mass is 32.2. The summed E-state index contributed by atoms with van der Waals surface area (Å²) in [6, 6.07) is 0. The van der Waals surface area contributed by atoms with E-state index < -0.39 is 0 Å². The van der Waals surface area contributed by atoms with Crippen LogP contribution < -0.4 is 0 Å². The van der Waals surface area contributed by atoms with E-state index in [4.69, 9.17) is 5.41 Å². The van der Waals surface area contributed by atoms with E-state index in [-0.39, 0.29) is 0 Å². The van der Waals surface area contributed by atoms with Crippen molar-refractivity contribution < 1.29 is 0 Å². The van der Waals surface area contributed by atoms with Crippen LogP contribution in [0.1, 0.15) is 6.42 Å². The SMILES string of the molecule is C=CCS/C=C\C/C=C/N(C)C=N. The van der Waals surface area contributed by atoms with Crippen molar-refractivity contribution in [3.63, 3.8) is 0 Å². The van der Waals surface area contributed by atoms with Crippen LogP contribution in [0.5, 0.6) is 0 Å². The lowest BCUT2D eigenvalue weighted by atomic mass is 10.4. The van der Waals surface area contributed by atoms with Gasteiger partial charge in [-0.3, -0.25) is 5.41 Å². The van der Waals surface area contributed by atoms with E-state index in [2.05, 4.69) is 18.1 Å². The van der Waals surface area contributed by atoms with Gasteiger partial charge < -0.3 is 4.90 Å². The maximum atomic E-state index is 6.90. The van der Waals surface area contributed by atoms with E-state index in [1.54, 1.807) is 16.7 Å². The number of thioether (sulfide) groups is 1. The van der Waals surface area contributed by atoms with Gasteiger partial charge in [-0.05, 0) is 11.8 Å². The summed E-state index contributed by atoms with van der Waals surface area (Å²) in [5.74, 6) is 0.959. The highest BCUT2D eigenvalue weighted by Crippen LogP contribution is 2.02. The molecule has 0 saturated carbocycles. The van der Waals surface area contributed by atoms with Crippen molar-refractivity contribution in [2.45, 2.75) is 6.42 Å². The van der Waals surface area contributed by atoms with Crippen LogP contribution in [-0.2, 0) is 0 Å². The van der Waals surface area contributed by atoms with Gasteiger partial charge in [0, 0.05) is 19.0 Å². The Morgan fingerprint density at radius 1 is 1.46 bits per heavy atom. The van der Waals surface area contributed by atoms with E-state index in [1.165, 1.54) is 6.34 Å². The minimum Gasteiger partial charge on any atom is -0.343 e. The summed E-state index contributed by atoms with van der Waals surface area (Å²) in [4.78, 5) is 1.70. The van der Waals surface area contributed by atoms with Gasteiger partial charge in [0.25, 0.3) is 0 Å². The van der Waals surface area contributed by atoms with E-state index >= 15 is 0 Å². The molecule has 0 heterocycles. The molecule has 1 N–H and O–H groups in total. The molecule has 3 heteroatoms. The van der Waals surface area contributed by atoms with E-state index in [0.717, 1.165) is 12.2 Å². The number of allylic oxidation sites excluding steroid dienone is 2. The van der Waals surface area contributed by atoms with Gasteiger partial charge in [0.05, 0.1) is 6.34 Å². The number of rotatable bonds is 7. The molecule has 0 aliphatic carbocycles. The van der Waals surface area contributed by atoms with E-state index in [1.807, 2.05) is 25.4 Å². The Labute approximate surface area is 84.5 Å². The fraction of sp³-hybridized carbons (Fsp3) is 0.300. The van der Waals surface area contributed by atoms with Crippen molar-refractivity contribution in [2.24, 2.45) is 0 Å². The summed E-state index contributed by atoms with van der Waals surface area (Å²) >= 11 is 1.73. The lowest BCUT2D eigenvalue weighted by Crippen LogP contribution is -2.04. The van der Waals surface area contributed by atoms with Gasteiger partial charge in [0.15, 0.2) is 0 Å². The molecule has 0 aromatic carbocycles. The maximum absolute atomic E-state index is 6.90. The Morgan fingerprint density at radius 3 is 2.85 bits per heavy atom. The Morgan fingerprint density at radius 2 is 2.23 bits per heavy atom. The van der Waals surface area contributed by atoms with Crippen LogP contribution in [0, 0.1) is 5.41 Å². The first kappa shape index (κ1) is 12.0. The van der Waals surface area contributed by atoms with Crippen LogP contribution in [0.15, 0.2) is 36.4 Å². The molecule has 0 spiro atoms. The first-order chi connectivity index (χ1) is 6.31. The average molecular weight is 196 g/mol. The van der Waals surface area contributed by atoms with E-state index in [0.29, 0.717) is 0 Å². The van der Waals surface area contributed by atoms with Crippen LogP contribution >= 0.6 is 11.8 Å². The number of hydrogen-bond donors (Lipinski definition) is 1. The maximum Gasteiger partial charge on any atom is 0.0854 e. The molecular weight excluding hydrogens is 180 g/mol. The molecule has 0 aromatic rings. The minimum atomic E-state index is 0.905. The number of nitrogens with zero attached hydrogens (tertiary/aromatic N) is 1. The number of hydrogen-bond acceptors (Lipinski definition) is 2. The van der Waals surface area contributed by atoms with Gasteiger partial charge >= 0.3 is 0 Å². The zero-order valence-electron chi connectivity index (χ0n) is 7.94. The Hall–Kier alpha value is -0.960. The second-order valence-corrected chi connectivity index (χ2v) is 3.35. The third-order valence-corrected chi connectivity index (χ3v) is 2.04. The van der Waals surface area contributed by atoms with Gasteiger partial charge in [0.2, 0.25) is 0 Å². The third kappa shape index (κ3) is 8.95. The smallest absolute Gasteiger partial charge is 0.0854 e. The Balaban J connectivity index is 3.42. The monoisotopic (exact) mass is 196 g/mol. The second kappa shape index (κ2) is 9.13. The summed E-state index contributed by atoms with van der Waals surface area (Å²) < 4.78 is 0. The minimum absolute atomic E-state index is 0.905. The molecule has 13 heavy (non-hydrogen) atoms.